The molecule has 2 rings (SSSR count). The van der Waals surface area contributed by atoms with Gasteiger partial charge in [0.05, 0.1) is 22.5 Å². The van der Waals surface area contributed by atoms with Crippen molar-refractivity contribution >= 4 is 49.4 Å². The van der Waals surface area contributed by atoms with E-state index in [1.807, 2.05) is 42.5 Å². The van der Waals surface area contributed by atoms with Gasteiger partial charge in [0.15, 0.2) is 0 Å². The first-order chi connectivity index (χ1) is 10.6. The molecule has 0 atom stereocenters. The van der Waals surface area contributed by atoms with Crippen LogP contribution in [0.5, 0.6) is 0 Å². The summed E-state index contributed by atoms with van der Waals surface area (Å²) in [5.74, 6) is 0. The second-order valence-corrected chi connectivity index (χ2v) is 5.87. The molecule has 22 heavy (non-hydrogen) atoms. The van der Waals surface area contributed by atoms with Gasteiger partial charge in [0.2, 0.25) is 0 Å². The Morgan fingerprint density at radius 3 is 2.36 bits per heavy atom. The molecule has 0 aromatic heterocycles. The maximum atomic E-state index is 11.1. The molecular formula is C15H11Br2N3O2. The highest BCUT2D eigenvalue weighted by Crippen LogP contribution is 2.24. The van der Waals surface area contributed by atoms with Crippen LogP contribution in [-0.4, -0.2) is 11.1 Å². The fraction of sp³-hybridized carbons (Fsp3) is 0. The van der Waals surface area contributed by atoms with Gasteiger partial charge in [-0.25, -0.2) is 4.99 Å². The van der Waals surface area contributed by atoms with E-state index in [-0.39, 0.29) is 5.70 Å². The predicted molar refractivity (Wildman–Crippen MR) is 95.1 cm³/mol. The van der Waals surface area contributed by atoms with E-state index in [4.69, 9.17) is 0 Å². The first-order valence-corrected chi connectivity index (χ1v) is 7.81. The number of aliphatic imine (C=N–C) groups is 1. The van der Waals surface area contributed by atoms with Crippen molar-refractivity contribution in [3.05, 3.63) is 79.5 Å². The SMILES string of the molecule is O=[N+]([O-])/C(C=Nc1ccccc1Br)=C\Nc1ccccc1Br. The van der Waals surface area contributed by atoms with E-state index in [1.165, 1.54) is 12.4 Å². The number of para-hydroxylation sites is 2. The molecule has 0 fully saturated rings. The highest BCUT2D eigenvalue weighted by Gasteiger charge is 2.08. The summed E-state index contributed by atoms with van der Waals surface area (Å²) in [5, 5.41) is 14.0. The normalized spacial score (nSPS) is 11.6. The second kappa shape index (κ2) is 7.86. The number of benzene rings is 2. The van der Waals surface area contributed by atoms with E-state index in [1.54, 1.807) is 6.07 Å². The van der Waals surface area contributed by atoms with Gasteiger partial charge in [-0.15, -0.1) is 0 Å². The van der Waals surface area contributed by atoms with Gasteiger partial charge in [-0.3, -0.25) is 10.1 Å². The highest BCUT2D eigenvalue weighted by molar-refractivity contribution is 9.11. The van der Waals surface area contributed by atoms with Gasteiger partial charge < -0.3 is 5.32 Å². The number of rotatable bonds is 5. The van der Waals surface area contributed by atoms with Crippen molar-refractivity contribution < 1.29 is 4.92 Å². The summed E-state index contributed by atoms with van der Waals surface area (Å²) in [4.78, 5) is 14.7. The van der Waals surface area contributed by atoms with Crippen molar-refractivity contribution in [2.24, 2.45) is 4.99 Å². The topological polar surface area (TPSA) is 67.5 Å². The Balaban J connectivity index is 2.20. The number of halogens is 2. The van der Waals surface area contributed by atoms with Crippen LogP contribution in [0, 0.1) is 10.1 Å². The Kier molecular flexibility index (Phi) is 5.85. The Hall–Kier alpha value is -1.99. The lowest BCUT2D eigenvalue weighted by molar-refractivity contribution is -0.414. The van der Waals surface area contributed by atoms with Crippen molar-refractivity contribution in [3.63, 3.8) is 0 Å². The molecule has 112 valence electrons. The van der Waals surface area contributed by atoms with Gasteiger partial charge in [0.25, 0.3) is 0 Å². The minimum absolute atomic E-state index is 0.147. The summed E-state index contributed by atoms with van der Waals surface area (Å²) in [7, 11) is 0. The minimum Gasteiger partial charge on any atom is -0.355 e. The number of nitrogens with zero attached hydrogens (tertiary/aromatic N) is 2. The third-order valence-electron chi connectivity index (χ3n) is 2.65. The molecule has 0 saturated carbocycles. The average Bonchev–Trinajstić information content (AvgIpc) is 2.50. The summed E-state index contributed by atoms with van der Waals surface area (Å²) in [6.07, 6.45) is 2.52. The first-order valence-electron chi connectivity index (χ1n) is 6.22. The van der Waals surface area contributed by atoms with Crippen LogP contribution in [0.2, 0.25) is 0 Å². The molecule has 0 saturated heterocycles. The molecule has 2 aromatic rings. The van der Waals surface area contributed by atoms with Gasteiger partial charge in [-0.2, -0.15) is 0 Å². The van der Waals surface area contributed by atoms with Gasteiger partial charge in [-0.1, -0.05) is 24.3 Å². The molecule has 0 aliphatic carbocycles. The van der Waals surface area contributed by atoms with Gasteiger partial charge in [0.1, 0.15) is 6.21 Å². The molecule has 7 heteroatoms. The predicted octanol–water partition coefficient (Wildman–Crippen LogP) is 5.14. The lowest BCUT2D eigenvalue weighted by atomic mass is 10.3. The third kappa shape index (κ3) is 4.51. The van der Waals surface area contributed by atoms with E-state index in [0.29, 0.717) is 5.69 Å². The summed E-state index contributed by atoms with van der Waals surface area (Å²) >= 11 is 6.71. The van der Waals surface area contributed by atoms with E-state index in [2.05, 4.69) is 42.2 Å². The minimum atomic E-state index is -0.496. The average molecular weight is 425 g/mol. The van der Waals surface area contributed by atoms with E-state index < -0.39 is 4.92 Å². The molecule has 0 radical (unpaired) electrons. The zero-order valence-electron chi connectivity index (χ0n) is 11.2. The number of hydrogen-bond acceptors (Lipinski definition) is 4. The van der Waals surface area contributed by atoms with Crippen LogP contribution in [0.25, 0.3) is 0 Å². The molecule has 2 aromatic carbocycles. The Bertz CT molecular complexity index is 745. The molecule has 0 unspecified atom stereocenters. The van der Waals surface area contributed by atoms with Gasteiger partial charge in [-0.05, 0) is 56.1 Å². The molecular weight excluding hydrogens is 414 g/mol. The van der Waals surface area contributed by atoms with E-state index in [0.717, 1.165) is 14.6 Å². The third-order valence-corrected chi connectivity index (χ3v) is 4.01. The summed E-state index contributed by atoms with van der Waals surface area (Å²) in [6.45, 7) is 0. The molecule has 0 spiro atoms. The van der Waals surface area contributed by atoms with E-state index >= 15 is 0 Å². The lowest BCUT2D eigenvalue weighted by Crippen LogP contribution is -2.03. The van der Waals surface area contributed by atoms with Crippen LogP contribution >= 0.6 is 31.9 Å². The summed E-state index contributed by atoms with van der Waals surface area (Å²) < 4.78 is 1.59. The molecule has 0 heterocycles. The number of nitro groups is 1. The zero-order valence-corrected chi connectivity index (χ0v) is 14.4. The van der Waals surface area contributed by atoms with Crippen LogP contribution < -0.4 is 5.32 Å². The quantitative estimate of drug-likeness (QED) is 0.410. The standard InChI is InChI=1S/C15H11Br2N3O2/c16-12-5-1-3-7-14(12)18-9-11(20(21)22)10-19-15-8-4-2-6-13(15)17/h1-10,18H/b11-9-,19-10?. The molecule has 5 nitrogen and oxygen atoms in total. The van der Waals surface area contributed by atoms with Gasteiger partial charge in [0, 0.05) is 8.95 Å². The second-order valence-electron chi connectivity index (χ2n) is 4.16. The van der Waals surface area contributed by atoms with Crippen LogP contribution in [-0.2, 0) is 0 Å². The van der Waals surface area contributed by atoms with Crippen LogP contribution in [0.3, 0.4) is 0 Å². The smallest absolute Gasteiger partial charge is 0.303 e. The van der Waals surface area contributed by atoms with Crippen LogP contribution in [0.4, 0.5) is 11.4 Å². The fourth-order valence-electron chi connectivity index (χ4n) is 1.56. The van der Waals surface area contributed by atoms with Crippen molar-refractivity contribution in [1.82, 2.24) is 0 Å². The van der Waals surface area contributed by atoms with Crippen LogP contribution in [0.1, 0.15) is 0 Å². The Morgan fingerprint density at radius 2 is 1.73 bits per heavy atom. The number of hydrogen-bond donors (Lipinski definition) is 1. The van der Waals surface area contributed by atoms with Crippen molar-refractivity contribution in [3.8, 4) is 0 Å². The fourth-order valence-corrected chi connectivity index (χ4v) is 2.35. The lowest BCUT2D eigenvalue weighted by Gasteiger charge is -2.02. The molecule has 1 N–H and O–H groups in total. The number of allylic oxidation sites excluding steroid dienone is 1. The summed E-state index contributed by atoms with van der Waals surface area (Å²) in [6, 6.07) is 14.6. The maximum absolute atomic E-state index is 11.1. The Morgan fingerprint density at radius 1 is 1.09 bits per heavy atom. The maximum Gasteiger partial charge on any atom is 0.303 e. The Labute approximate surface area is 144 Å². The highest BCUT2D eigenvalue weighted by atomic mass is 79.9. The molecule has 0 aliphatic rings. The number of anilines is 1. The van der Waals surface area contributed by atoms with Crippen molar-refractivity contribution in [1.29, 1.82) is 0 Å². The molecule has 0 amide bonds. The molecule has 0 bridgehead atoms. The summed E-state index contributed by atoms with van der Waals surface area (Å²) in [5.41, 5.74) is 1.21. The monoisotopic (exact) mass is 423 g/mol. The largest absolute Gasteiger partial charge is 0.355 e. The molecule has 0 aliphatic heterocycles. The van der Waals surface area contributed by atoms with Crippen molar-refractivity contribution in [2.45, 2.75) is 0 Å². The zero-order chi connectivity index (χ0) is 15.9. The van der Waals surface area contributed by atoms with E-state index in [9.17, 15) is 10.1 Å². The first kappa shape index (κ1) is 16.4. The van der Waals surface area contributed by atoms with Crippen LogP contribution in [0.15, 0.2) is 74.4 Å². The van der Waals surface area contributed by atoms with Gasteiger partial charge >= 0.3 is 5.70 Å². The van der Waals surface area contributed by atoms with Crippen molar-refractivity contribution in [2.75, 3.05) is 5.32 Å². The number of nitrogens with one attached hydrogen (secondary N) is 1.